The maximum absolute atomic E-state index is 14.9. The van der Waals surface area contributed by atoms with Gasteiger partial charge < -0.3 is 14.6 Å². The van der Waals surface area contributed by atoms with Gasteiger partial charge in [-0.05, 0) is 11.1 Å². The molecular weight excluding hydrogens is 307 g/mol. The summed E-state index contributed by atoms with van der Waals surface area (Å²) < 4.78 is 26.0. The molecule has 0 heterocycles. The zero-order valence-corrected chi connectivity index (χ0v) is 13.6. The van der Waals surface area contributed by atoms with E-state index in [0.717, 1.165) is 11.1 Å². The average molecular weight is 330 g/mol. The van der Waals surface area contributed by atoms with Gasteiger partial charge in [-0.25, -0.2) is 4.39 Å². The minimum absolute atomic E-state index is 0.0156. The molecule has 3 rings (SSSR count). The van der Waals surface area contributed by atoms with Crippen molar-refractivity contribution in [1.29, 1.82) is 0 Å². The predicted molar refractivity (Wildman–Crippen MR) is 90.1 cm³/mol. The van der Waals surface area contributed by atoms with E-state index in [1.807, 2.05) is 60.7 Å². The average Bonchev–Trinajstić information content (AvgIpc) is 2.60. The van der Waals surface area contributed by atoms with E-state index in [1.165, 1.54) is 0 Å². The summed E-state index contributed by atoms with van der Waals surface area (Å²) in [6.45, 7) is 0.977. The number of aliphatic hydroxyl groups is 1. The van der Waals surface area contributed by atoms with E-state index in [9.17, 15) is 9.50 Å². The van der Waals surface area contributed by atoms with Gasteiger partial charge in [-0.15, -0.1) is 0 Å². The monoisotopic (exact) mass is 330 g/mol. The first kappa shape index (κ1) is 17.1. The predicted octanol–water partition coefficient (Wildman–Crippen LogP) is 3.51. The SMILES string of the molecule is O[C@@H]1CC(F)(COCc2ccccc2)C1COCc1ccccc1. The van der Waals surface area contributed by atoms with Crippen LogP contribution in [0.5, 0.6) is 0 Å². The van der Waals surface area contributed by atoms with Crippen LogP contribution in [0.2, 0.25) is 0 Å². The molecule has 24 heavy (non-hydrogen) atoms. The lowest BCUT2D eigenvalue weighted by molar-refractivity contribution is -0.180. The molecule has 128 valence electrons. The summed E-state index contributed by atoms with van der Waals surface area (Å²) in [6.07, 6.45) is -0.549. The molecular formula is C20H23FO3. The minimum atomic E-state index is -1.51. The van der Waals surface area contributed by atoms with Gasteiger partial charge in [-0.3, -0.25) is 0 Å². The summed E-state index contributed by atoms with van der Waals surface area (Å²) >= 11 is 0. The third-order valence-electron chi connectivity index (χ3n) is 4.54. The third kappa shape index (κ3) is 4.20. The molecule has 1 fully saturated rings. The highest BCUT2D eigenvalue weighted by molar-refractivity contribution is 5.14. The van der Waals surface area contributed by atoms with Crippen LogP contribution in [-0.4, -0.2) is 30.1 Å². The molecule has 1 saturated carbocycles. The van der Waals surface area contributed by atoms with E-state index in [2.05, 4.69) is 0 Å². The third-order valence-corrected chi connectivity index (χ3v) is 4.54. The number of rotatable bonds is 8. The fraction of sp³-hybridized carbons (Fsp3) is 0.400. The summed E-state index contributed by atoms with van der Waals surface area (Å²) in [5.41, 5.74) is 0.541. The summed E-state index contributed by atoms with van der Waals surface area (Å²) in [5.74, 6) is -0.531. The molecule has 2 unspecified atom stereocenters. The van der Waals surface area contributed by atoms with Crippen molar-refractivity contribution in [3.8, 4) is 0 Å². The Morgan fingerprint density at radius 2 is 1.46 bits per heavy atom. The number of benzene rings is 2. The molecule has 2 aromatic carbocycles. The van der Waals surface area contributed by atoms with Crippen molar-refractivity contribution in [3.05, 3.63) is 71.8 Å². The van der Waals surface area contributed by atoms with Crippen LogP contribution in [0.4, 0.5) is 4.39 Å². The lowest BCUT2D eigenvalue weighted by Gasteiger charge is -2.46. The highest BCUT2D eigenvalue weighted by atomic mass is 19.1. The Balaban J connectivity index is 1.44. The van der Waals surface area contributed by atoms with Crippen LogP contribution in [0.3, 0.4) is 0 Å². The molecule has 0 amide bonds. The fourth-order valence-corrected chi connectivity index (χ4v) is 3.04. The highest BCUT2D eigenvalue weighted by Crippen LogP contribution is 2.43. The molecule has 1 aliphatic carbocycles. The molecule has 1 aliphatic rings. The van der Waals surface area contributed by atoms with Crippen molar-refractivity contribution in [1.82, 2.24) is 0 Å². The van der Waals surface area contributed by atoms with Gasteiger partial charge >= 0.3 is 0 Å². The zero-order valence-electron chi connectivity index (χ0n) is 13.6. The fourth-order valence-electron chi connectivity index (χ4n) is 3.04. The number of hydrogen-bond acceptors (Lipinski definition) is 3. The van der Waals surface area contributed by atoms with Gasteiger partial charge in [0.25, 0.3) is 0 Å². The quantitative estimate of drug-likeness (QED) is 0.805. The van der Waals surface area contributed by atoms with Gasteiger partial charge in [0.2, 0.25) is 0 Å². The van der Waals surface area contributed by atoms with Gasteiger partial charge in [0, 0.05) is 12.3 Å². The van der Waals surface area contributed by atoms with Crippen molar-refractivity contribution < 1.29 is 19.0 Å². The normalized spacial score (nSPS) is 26.1. The molecule has 4 heteroatoms. The van der Waals surface area contributed by atoms with Crippen molar-refractivity contribution in [3.63, 3.8) is 0 Å². The van der Waals surface area contributed by atoms with E-state index in [0.29, 0.717) is 13.2 Å². The summed E-state index contributed by atoms with van der Waals surface area (Å²) in [7, 11) is 0. The topological polar surface area (TPSA) is 38.7 Å². The highest BCUT2D eigenvalue weighted by Gasteiger charge is 2.54. The molecule has 3 nitrogen and oxygen atoms in total. The summed E-state index contributed by atoms with van der Waals surface area (Å²) in [4.78, 5) is 0. The van der Waals surface area contributed by atoms with Crippen LogP contribution in [0.1, 0.15) is 17.5 Å². The Bertz CT molecular complexity index is 619. The Labute approximate surface area is 142 Å². The first-order valence-corrected chi connectivity index (χ1v) is 8.28. The molecule has 0 aromatic heterocycles. The van der Waals surface area contributed by atoms with Gasteiger partial charge in [-0.1, -0.05) is 60.7 Å². The minimum Gasteiger partial charge on any atom is -0.392 e. The Kier molecular flexibility index (Phi) is 5.61. The maximum atomic E-state index is 14.9. The Morgan fingerprint density at radius 1 is 0.917 bits per heavy atom. The standard InChI is InChI=1S/C20H23FO3/c21-20(15-24-13-17-9-5-2-6-10-17)11-19(22)18(20)14-23-12-16-7-3-1-4-8-16/h1-10,18-19,22H,11-15H2/t18?,19-,20?/m1/s1. The van der Waals surface area contributed by atoms with Crippen molar-refractivity contribution >= 4 is 0 Å². The van der Waals surface area contributed by atoms with Crippen LogP contribution >= 0.6 is 0 Å². The zero-order chi connectivity index (χ0) is 16.8. The summed E-state index contributed by atoms with van der Waals surface area (Å²) in [6, 6.07) is 19.4. The van der Waals surface area contributed by atoms with Crippen molar-refractivity contribution in [2.45, 2.75) is 31.4 Å². The van der Waals surface area contributed by atoms with E-state index < -0.39 is 17.7 Å². The van der Waals surface area contributed by atoms with E-state index in [4.69, 9.17) is 9.47 Å². The Morgan fingerprint density at radius 3 is 2.00 bits per heavy atom. The lowest BCUT2D eigenvalue weighted by atomic mass is 9.69. The number of aliphatic hydroxyl groups excluding tert-OH is 1. The first-order valence-electron chi connectivity index (χ1n) is 8.28. The van der Waals surface area contributed by atoms with Crippen LogP contribution in [0.15, 0.2) is 60.7 Å². The van der Waals surface area contributed by atoms with E-state index in [-0.39, 0.29) is 19.6 Å². The molecule has 0 aliphatic heterocycles. The first-order chi connectivity index (χ1) is 11.7. The number of alkyl halides is 1. The van der Waals surface area contributed by atoms with E-state index in [1.54, 1.807) is 0 Å². The molecule has 2 aromatic rings. The van der Waals surface area contributed by atoms with Crippen molar-refractivity contribution in [2.24, 2.45) is 5.92 Å². The largest absolute Gasteiger partial charge is 0.392 e. The second-order valence-electron chi connectivity index (χ2n) is 6.39. The second kappa shape index (κ2) is 7.88. The summed E-state index contributed by atoms with van der Waals surface area (Å²) in [5, 5.41) is 9.88. The smallest absolute Gasteiger partial charge is 0.144 e. The molecule has 0 radical (unpaired) electrons. The van der Waals surface area contributed by atoms with Crippen LogP contribution < -0.4 is 0 Å². The van der Waals surface area contributed by atoms with Gasteiger partial charge in [0.1, 0.15) is 5.67 Å². The number of hydrogen-bond donors (Lipinski definition) is 1. The number of ether oxygens (including phenoxy) is 2. The molecule has 0 bridgehead atoms. The lowest BCUT2D eigenvalue weighted by Crippen LogP contribution is -2.58. The van der Waals surface area contributed by atoms with Crippen LogP contribution in [-0.2, 0) is 22.7 Å². The Hall–Kier alpha value is -1.75. The van der Waals surface area contributed by atoms with Gasteiger partial charge in [0.15, 0.2) is 0 Å². The molecule has 0 saturated heterocycles. The van der Waals surface area contributed by atoms with Gasteiger partial charge in [0.05, 0.1) is 32.5 Å². The molecule has 1 N–H and O–H groups in total. The second-order valence-corrected chi connectivity index (χ2v) is 6.39. The van der Waals surface area contributed by atoms with Crippen molar-refractivity contribution in [2.75, 3.05) is 13.2 Å². The van der Waals surface area contributed by atoms with Crippen LogP contribution in [0.25, 0.3) is 0 Å². The van der Waals surface area contributed by atoms with Gasteiger partial charge in [-0.2, -0.15) is 0 Å². The maximum Gasteiger partial charge on any atom is 0.144 e. The number of halogens is 1. The van der Waals surface area contributed by atoms with E-state index >= 15 is 0 Å². The van der Waals surface area contributed by atoms with Crippen LogP contribution in [0, 0.1) is 5.92 Å². The molecule has 0 spiro atoms. The molecule has 3 atom stereocenters.